The van der Waals surface area contributed by atoms with Gasteiger partial charge in [0.2, 0.25) is 6.79 Å². The normalized spacial score (nSPS) is 17.1. The Morgan fingerprint density at radius 2 is 2.06 bits per heavy atom. The van der Waals surface area contributed by atoms with Gasteiger partial charge >= 0.3 is 12.1 Å². The van der Waals surface area contributed by atoms with E-state index in [4.69, 9.17) is 15.2 Å². The Balaban J connectivity index is 1.27. The van der Waals surface area contributed by atoms with Crippen molar-refractivity contribution in [1.29, 1.82) is 0 Å². The number of alkyl halides is 3. The third kappa shape index (κ3) is 4.49. The molecule has 0 amide bonds. The lowest BCUT2D eigenvalue weighted by atomic mass is 10.0. The zero-order valence-electron chi connectivity index (χ0n) is 18.8. The number of thiophene rings is 1. The van der Waals surface area contributed by atoms with E-state index in [1.807, 2.05) is 0 Å². The van der Waals surface area contributed by atoms with Gasteiger partial charge in [0, 0.05) is 36.6 Å². The summed E-state index contributed by atoms with van der Waals surface area (Å²) in [5, 5.41) is 22.9. The van der Waals surface area contributed by atoms with Crippen molar-refractivity contribution in [3.63, 3.8) is 0 Å². The van der Waals surface area contributed by atoms with Crippen LogP contribution in [0.15, 0.2) is 24.3 Å². The number of anilines is 2. The van der Waals surface area contributed by atoms with Gasteiger partial charge < -0.3 is 35.6 Å². The number of nitrogens with zero attached hydrogens (tertiary/aromatic N) is 2. The molecule has 0 bridgehead atoms. The van der Waals surface area contributed by atoms with Crippen LogP contribution in [0.1, 0.15) is 39.7 Å². The van der Waals surface area contributed by atoms with Crippen molar-refractivity contribution in [2.75, 3.05) is 37.1 Å². The number of para-hydroxylation sites is 1. The molecule has 1 atom stereocenters. The molecule has 5 N–H and O–H groups in total. The fraction of sp³-hybridized carbons (Fsp3) is 0.391. The highest BCUT2D eigenvalue weighted by molar-refractivity contribution is 7.21. The lowest BCUT2D eigenvalue weighted by Crippen LogP contribution is -2.44. The molecule has 2 aliphatic rings. The Hall–Kier alpha value is -3.29. The average molecular weight is 525 g/mol. The molecule has 0 saturated carbocycles. The van der Waals surface area contributed by atoms with Crippen LogP contribution in [-0.2, 0) is 6.18 Å². The van der Waals surface area contributed by atoms with Crippen LogP contribution in [0.3, 0.4) is 0 Å². The minimum absolute atomic E-state index is 0.0478. The summed E-state index contributed by atoms with van der Waals surface area (Å²) < 4.78 is 52.3. The predicted molar refractivity (Wildman–Crippen MR) is 127 cm³/mol. The molecule has 36 heavy (non-hydrogen) atoms. The monoisotopic (exact) mass is 524 g/mol. The number of halogens is 3. The molecule has 2 aromatic heterocycles. The molecule has 3 aromatic rings. The Bertz CT molecular complexity index is 1310. The molecule has 0 aliphatic carbocycles. The first-order valence-electron chi connectivity index (χ1n) is 11.2. The number of pyridine rings is 1. The fourth-order valence-corrected chi connectivity index (χ4v) is 5.52. The van der Waals surface area contributed by atoms with Crippen LogP contribution < -0.4 is 25.4 Å². The molecule has 4 heterocycles. The maximum Gasteiger partial charge on any atom is 0.417 e. The largest absolute Gasteiger partial charge is 0.477 e. The maximum absolute atomic E-state index is 13.8. The van der Waals surface area contributed by atoms with Crippen molar-refractivity contribution in [3.05, 3.63) is 40.3 Å². The van der Waals surface area contributed by atoms with Gasteiger partial charge in [0.05, 0.1) is 17.4 Å². The number of carboxylic acids is 1. The second kappa shape index (κ2) is 9.30. The van der Waals surface area contributed by atoms with Crippen LogP contribution >= 0.6 is 11.3 Å². The minimum Gasteiger partial charge on any atom is -0.477 e. The second-order valence-electron chi connectivity index (χ2n) is 8.62. The zero-order chi connectivity index (χ0) is 25.6. The van der Waals surface area contributed by atoms with E-state index >= 15 is 0 Å². The smallest absolute Gasteiger partial charge is 0.417 e. The number of ether oxygens (including phenoxy) is 2. The number of carbonyl (C=O) groups is 1. The second-order valence-corrected chi connectivity index (χ2v) is 9.62. The summed E-state index contributed by atoms with van der Waals surface area (Å²) in [6.07, 6.45) is -4.30. The summed E-state index contributed by atoms with van der Waals surface area (Å²) in [6, 6.07) is 6.31. The van der Waals surface area contributed by atoms with E-state index in [1.165, 1.54) is 0 Å². The summed E-state index contributed by atoms with van der Waals surface area (Å²) in [4.78, 5) is 17.1. The van der Waals surface area contributed by atoms with Gasteiger partial charge in [-0.2, -0.15) is 13.2 Å². The summed E-state index contributed by atoms with van der Waals surface area (Å²) in [5.41, 5.74) is 4.96. The Morgan fingerprint density at radius 1 is 1.31 bits per heavy atom. The van der Waals surface area contributed by atoms with Crippen LogP contribution in [-0.4, -0.2) is 53.6 Å². The van der Waals surface area contributed by atoms with E-state index in [0.717, 1.165) is 6.07 Å². The number of benzene rings is 1. The molecular formula is C23H23F3N4O5S. The van der Waals surface area contributed by atoms with Crippen LogP contribution in [0.5, 0.6) is 11.5 Å². The van der Waals surface area contributed by atoms with Crippen molar-refractivity contribution >= 4 is 39.0 Å². The number of piperidine rings is 1. The maximum atomic E-state index is 13.8. The van der Waals surface area contributed by atoms with E-state index in [-0.39, 0.29) is 40.3 Å². The lowest BCUT2D eigenvalue weighted by Gasteiger charge is -2.34. The highest BCUT2D eigenvalue weighted by Gasteiger charge is 2.37. The number of nitrogen functional groups attached to an aromatic ring is 1. The van der Waals surface area contributed by atoms with E-state index in [1.54, 1.807) is 23.1 Å². The molecular weight excluding hydrogens is 501 g/mol. The number of carboxylic acid groups (broad SMARTS) is 1. The molecule has 1 fully saturated rings. The number of nitrogens with two attached hydrogens (primary N) is 1. The van der Waals surface area contributed by atoms with Crippen LogP contribution in [0, 0.1) is 0 Å². The number of aromatic nitrogens is 1. The fourth-order valence-electron chi connectivity index (χ4n) is 4.57. The number of fused-ring (bicyclic) bond motifs is 2. The third-order valence-corrected chi connectivity index (χ3v) is 7.48. The molecule has 1 saturated heterocycles. The summed E-state index contributed by atoms with van der Waals surface area (Å²) >= 11 is 0.637. The quantitative estimate of drug-likeness (QED) is 0.382. The first-order valence-corrected chi connectivity index (χ1v) is 12.0. The van der Waals surface area contributed by atoms with E-state index < -0.39 is 29.5 Å². The number of aliphatic hydroxyl groups excluding tert-OH is 1. The number of nitrogens with one attached hydrogen (secondary N) is 1. The van der Waals surface area contributed by atoms with Crippen molar-refractivity contribution in [1.82, 2.24) is 10.3 Å². The molecule has 5 rings (SSSR count). The lowest BCUT2D eigenvalue weighted by molar-refractivity contribution is -0.136. The van der Waals surface area contributed by atoms with Gasteiger partial charge in [-0.3, -0.25) is 0 Å². The topological polar surface area (TPSA) is 130 Å². The van der Waals surface area contributed by atoms with Crippen molar-refractivity contribution < 1.29 is 37.7 Å². The van der Waals surface area contributed by atoms with Gasteiger partial charge in [-0.15, -0.1) is 11.3 Å². The summed E-state index contributed by atoms with van der Waals surface area (Å²) in [6.45, 7) is 1.26. The van der Waals surface area contributed by atoms with Gasteiger partial charge in [0.15, 0.2) is 11.5 Å². The van der Waals surface area contributed by atoms with Gasteiger partial charge in [-0.25, -0.2) is 9.78 Å². The number of hydrogen-bond acceptors (Lipinski definition) is 9. The average Bonchev–Trinajstić information content (AvgIpc) is 3.46. The van der Waals surface area contributed by atoms with Crippen molar-refractivity contribution in [3.8, 4) is 11.5 Å². The van der Waals surface area contributed by atoms with Gasteiger partial charge in [-0.05, 0) is 25.0 Å². The molecule has 0 radical (unpaired) electrons. The molecule has 0 spiro atoms. The van der Waals surface area contributed by atoms with Gasteiger partial charge in [-0.1, -0.05) is 12.1 Å². The highest BCUT2D eigenvalue weighted by atomic mass is 32.1. The van der Waals surface area contributed by atoms with Crippen LogP contribution in [0.2, 0.25) is 0 Å². The van der Waals surface area contributed by atoms with E-state index in [0.29, 0.717) is 54.3 Å². The number of aliphatic hydroxyl groups is 1. The molecule has 1 unspecified atom stereocenters. The zero-order valence-corrected chi connectivity index (χ0v) is 19.7. The van der Waals surface area contributed by atoms with Crippen molar-refractivity contribution in [2.45, 2.75) is 31.2 Å². The molecule has 13 heteroatoms. The molecule has 1 aromatic carbocycles. The molecule has 192 valence electrons. The molecule has 9 nitrogen and oxygen atoms in total. The summed E-state index contributed by atoms with van der Waals surface area (Å²) in [7, 11) is 0. The van der Waals surface area contributed by atoms with Crippen molar-refractivity contribution in [2.24, 2.45) is 0 Å². The minimum atomic E-state index is -4.72. The molecule has 2 aliphatic heterocycles. The number of rotatable bonds is 6. The first-order chi connectivity index (χ1) is 17.1. The predicted octanol–water partition coefficient (Wildman–Crippen LogP) is 3.62. The van der Waals surface area contributed by atoms with Gasteiger partial charge in [0.1, 0.15) is 15.5 Å². The van der Waals surface area contributed by atoms with E-state index in [9.17, 15) is 28.2 Å². The third-order valence-electron chi connectivity index (χ3n) is 6.39. The Morgan fingerprint density at radius 3 is 2.75 bits per heavy atom. The number of hydrogen-bond donors (Lipinski definition) is 4. The van der Waals surface area contributed by atoms with Crippen LogP contribution in [0.25, 0.3) is 10.2 Å². The van der Waals surface area contributed by atoms with Crippen LogP contribution in [0.4, 0.5) is 24.7 Å². The van der Waals surface area contributed by atoms with E-state index in [2.05, 4.69) is 10.3 Å². The Kier molecular flexibility index (Phi) is 6.30. The summed E-state index contributed by atoms with van der Waals surface area (Å²) in [5.74, 6) is -0.142. The number of aromatic carboxylic acids is 1. The standard InChI is InChI=1S/C23H23F3N4O5S/c24-23(25,26)13-8-16(29-21-17(13)18(27)20(36-21)22(32)33)30-6-4-11(5-7-30)28-9-14(31)12-2-1-3-15-19(12)35-10-34-15/h1-3,8,11,14,28,31H,4-7,9-10,27H2,(H,32,33). The first kappa shape index (κ1) is 24.4. The van der Waals surface area contributed by atoms with Gasteiger partial charge in [0.25, 0.3) is 0 Å². The highest BCUT2D eigenvalue weighted by Crippen LogP contribution is 2.43. The SMILES string of the molecule is Nc1c(C(=O)O)sc2nc(N3CCC(NCC(O)c4cccc5c4OCO5)CC3)cc(C(F)(F)F)c12. The Labute approximate surface area is 207 Å².